The van der Waals surface area contributed by atoms with Gasteiger partial charge in [0, 0.05) is 4.70 Å². The summed E-state index contributed by atoms with van der Waals surface area (Å²) in [4.78, 5) is 0. The van der Waals surface area contributed by atoms with Crippen molar-refractivity contribution in [3.63, 3.8) is 0 Å². The fourth-order valence-electron chi connectivity index (χ4n) is 3.56. The van der Waals surface area contributed by atoms with Gasteiger partial charge < -0.3 is 5.32 Å². The lowest BCUT2D eigenvalue weighted by molar-refractivity contribution is 0.232. The molecule has 19 heavy (non-hydrogen) atoms. The third kappa shape index (κ3) is 2.85. The predicted molar refractivity (Wildman–Crippen MR) is 84.9 cm³/mol. The summed E-state index contributed by atoms with van der Waals surface area (Å²) in [5, 5.41) is 7.26. The monoisotopic (exact) mass is 273 g/mol. The summed E-state index contributed by atoms with van der Waals surface area (Å²) in [6, 6.07) is 8.85. The van der Waals surface area contributed by atoms with Crippen LogP contribution in [0.25, 0.3) is 10.1 Å². The van der Waals surface area contributed by atoms with E-state index in [1.807, 2.05) is 11.3 Å². The fraction of sp³-hybridized carbons (Fsp3) is 0.529. The van der Waals surface area contributed by atoms with E-state index in [9.17, 15) is 0 Å². The Balaban J connectivity index is 1.79. The highest BCUT2D eigenvalue weighted by molar-refractivity contribution is 7.17. The third-order valence-electron chi connectivity index (χ3n) is 4.58. The molecule has 1 nitrogen and oxygen atoms in total. The highest BCUT2D eigenvalue weighted by Crippen LogP contribution is 2.35. The summed E-state index contributed by atoms with van der Waals surface area (Å²) in [5.74, 6) is 1.75. The van der Waals surface area contributed by atoms with Gasteiger partial charge in [0.2, 0.25) is 0 Å². The van der Waals surface area contributed by atoms with Crippen molar-refractivity contribution in [2.75, 3.05) is 13.6 Å². The van der Waals surface area contributed by atoms with Crippen LogP contribution in [0.3, 0.4) is 0 Å². The minimum Gasteiger partial charge on any atom is -0.319 e. The first kappa shape index (κ1) is 13.1. The van der Waals surface area contributed by atoms with E-state index in [0.717, 1.165) is 11.8 Å². The third-order valence-corrected chi connectivity index (χ3v) is 5.59. The van der Waals surface area contributed by atoms with E-state index in [1.165, 1.54) is 48.7 Å². The second-order valence-corrected chi connectivity index (χ2v) is 6.73. The van der Waals surface area contributed by atoms with Crippen LogP contribution in [0.15, 0.2) is 29.6 Å². The first-order valence-corrected chi connectivity index (χ1v) is 8.36. The average Bonchev–Trinajstić information content (AvgIpc) is 2.85. The maximum Gasteiger partial charge on any atom is 0.0345 e. The van der Waals surface area contributed by atoms with Crippen LogP contribution >= 0.6 is 11.3 Å². The van der Waals surface area contributed by atoms with Crippen LogP contribution in [-0.4, -0.2) is 13.6 Å². The van der Waals surface area contributed by atoms with Gasteiger partial charge in [0.1, 0.15) is 0 Å². The lowest BCUT2D eigenvalue weighted by atomic mass is 9.76. The first-order chi connectivity index (χ1) is 9.38. The predicted octanol–water partition coefficient (Wildman–Crippen LogP) is 4.47. The quantitative estimate of drug-likeness (QED) is 0.866. The Morgan fingerprint density at radius 1 is 1.16 bits per heavy atom. The number of benzene rings is 1. The van der Waals surface area contributed by atoms with E-state index >= 15 is 0 Å². The Hall–Kier alpha value is -0.860. The summed E-state index contributed by atoms with van der Waals surface area (Å²) < 4.78 is 1.44. The Bertz CT molecular complexity index is 529. The zero-order valence-electron chi connectivity index (χ0n) is 11.7. The summed E-state index contributed by atoms with van der Waals surface area (Å²) in [7, 11) is 2.09. The second kappa shape index (κ2) is 6.06. The lowest BCUT2D eigenvalue weighted by Gasteiger charge is -2.31. The van der Waals surface area contributed by atoms with Gasteiger partial charge >= 0.3 is 0 Å². The smallest absolute Gasteiger partial charge is 0.0345 e. The molecule has 0 spiro atoms. The molecule has 0 amide bonds. The van der Waals surface area contributed by atoms with Crippen LogP contribution < -0.4 is 5.32 Å². The zero-order valence-corrected chi connectivity index (χ0v) is 12.5. The topological polar surface area (TPSA) is 12.0 Å². The van der Waals surface area contributed by atoms with Gasteiger partial charge in [-0.2, -0.15) is 0 Å². The molecule has 1 aliphatic carbocycles. The van der Waals surface area contributed by atoms with Gasteiger partial charge in [-0.05, 0) is 67.1 Å². The number of rotatable bonds is 4. The molecule has 2 heteroatoms. The molecule has 102 valence electrons. The maximum atomic E-state index is 3.39. The lowest BCUT2D eigenvalue weighted by Crippen LogP contribution is -2.29. The number of fused-ring (bicyclic) bond motifs is 1. The summed E-state index contributed by atoms with van der Waals surface area (Å²) in [6.45, 7) is 1.19. The van der Waals surface area contributed by atoms with Crippen molar-refractivity contribution in [3.05, 3.63) is 35.2 Å². The molecule has 1 heterocycles. The molecular formula is C17H23NS. The molecule has 2 unspecified atom stereocenters. The molecule has 0 aliphatic heterocycles. The van der Waals surface area contributed by atoms with E-state index in [4.69, 9.17) is 0 Å². The minimum absolute atomic E-state index is 0.873. The summed E-state index contributed by atoms with van der Waals surface area (Å²) >= 11 is 1.90. The maximum absolute atomic E-state index is 3.39. The second-order valence-electron chi connectivity index (χ2n) is 5.82. The summed E-state index contributed by atoms with van der Waals surface area (Å²) in [5.41, 5.74) is 1.58. The van der Waals surface area contributed by atoms with Crippen molar-refractivity contribution in [3.8, 4) is 0 Å². The van der Waals surface area contributed by atoms with E-state index < -0.39 is 0 Å². The van der Waals surface area contributed by atoms with Crippen LogP contribution in [0.4, 0.5) is 0 Å². The van der Waals surface area contributed by atoms with Gasteiger partial charge in [0.05, 0.1) is 0 Å². The average molecular weight is 273 g/mol. The molecule has 1 fully saturated rings. The van der Waals surface area contributed by atoms with Crippen LogP contribution in [-0.2, 0) is 6.42 Å². The highest BCUT2D eigenvalue weighted by Gasteiger charge is 2.25. The zero-order chi connectivity index (χ0) is 13.1. The van der Waals surface area contributed by atoms with Crippen molar-refractivity contribution in [1.82, 2.24) is 5.32 Å². The molecule has 3 rings (SSSR count). The van der Waals surface area contributed by atoms with Crippen molar-refractivity contribution < 1.29 is 0 Å². The Labute approximate surface area is 120 Å². The van der Waals surface area contributed by atoms with Crippen LogP contribution in [0, 0.1) is 11.8 Å². The molecule has 0 radical (unpaired) electrons. The molecule has 0 saturated heterocycles. The number of thiophene rings is 1. The Morgan fingerprint density at radius 3 is 2.79 bits per heavy atom. The largest absolute Gasteiger partial charge is 0.319 e. The fourth-order valence-corrected chi connectivity index (χ4v) is 4.53. The van der Waals surface area contributed by atoms with Gasteiger partial charge in [-0.15, -0.1) is 11.3 Å². The van der Waals surface area contributed by atoms with Gasteiger partial charge in [0.15, 0.2) is 0 Å². The van der Waals surface area contributed by atoms with Crippen LogP contribution in [0.1, 0.15) is 31.2 Å². The molecule has 1 N–H and O–H groups in total. The molecule has 1 aromatic heterocycles. The molecular weight excluding hydrogens is 250 g/mol. The first-order valence-electron chi connectivity index (χ1n) is 7.48. The van der Waals surface area contributed by atoms with Gasteiger partial charge in [-0.1, -0.05) is 31.0 Å². The van der Waals surface area contributed by atoms with Gasteiger partial charge in [-0.3, -0.25) is 0 Å². The molecule has 1 aliphatic rings. The van der Waals surface area contributed by atoms with E-state index in [2.05, 4.69) is 42.0 Å². The Kier molecular flexibility index (Phi) is 4.19. The van der Waals surface area contributed by atoms with Crippen molar-refractivity contribution >= 4 is 21.4 Å². The van der Waals surface area contributed by atoms with Gasteiger partial charge in [-0.25, -0.2) is 0 Å². The SMILES string of the molecule is CNCC1CCCCC1Cc1csc2ccccc12. The van der Waals surface area contributed by atoms with E-state index in [1.54, 1.807) is 5.56 Å². The molecule has 1 saturated carbocycles. The summed E-state index contributed by atoms with van der Waals surface area (Å²) in [6.07, 6.45) is 6.95. The van der Waals surface area contributed by atoms with Crippen molar-refractivity contribution in [2.45, 2.75) is 32.1 Å². The van der Waals surface area contributed by atoms with E-state index in [0.29, 0.717) is 0 Å². The highest BCUT2D eigenvalue weighted by atomic mass is 32.1. The molecule has 2 aromatic rings. The van der Waals surface area contributed by atoms with E-state index in [-0.39, 0.29) is 0 Å². The molecule has 1 aromatic carbocycles. The van der Waals surface area contributed by atoms with Crippen LogP contribution in [0.2, 0.25) is 0 Å². The van der Waals surface area contributed by atoms with Crippen LogP contribution in [0.5, 0.6) is 0 Å². The van der Waals surface area contributed by atoms with Gasteiger partial charge in [0.25, 0.3) is 0 Å². The number of hydrogen-bond donors (Lipinski definition) is 1. The normalized spacial score (nSPS) is 23.8. The molecule has 2 atom stereocenters. The standard InChI is InChI=1S/C17H23NS/c1-18-11-14-7-3-2-6-13(14)10-15-12-19-17-9-5-4-8-16(15)17/h4-5,8-9,12-14,18H,2-3,6-7,10-11H2,1H3. The number of hydrogen-bond acceptors (Lipinski definition) is 2. The molecule has 0 bridgehead atoms. The number of nitrogens with one attached hydrogen (secondary N) is 1. The Morgan fingerprint density at radius 2 is 1.95 bits per heavy atom. The van der Waals surface area contributed by atoms with Crippen molar-refractivity contribution in [2.24, 2.45) is 11.8 Å². The minimum atomic E-state index is 0.873. The van der Waals surface area contributed by atoms with Crippen molar-refractivity contribution in [1.29, 1.82) is 0 Å².